The van der Waals surface area contributed by atoms with Gasteiger partial charge in [-0.05, 0) is 36.6 Å². The number of hydrogen-bond acceptors (Lipinski definition) is 3. The third-order valence-electron chi connectivity index (χ3n) is 3.52. The Balaban J connectivity index is 2.03. The molecule has 0 saturated heterocycles. The molecule has 116 valence electrons. The summed E-state index contributed by atoms with van der Waals surface area (Å²) >= 11 is 0. The first-order valence-corrected chi connectivity index (χ1v) is 7.20. The zero-order valence-corrected chi connectivity index (χ0v) is 13.2. The Morgan fingerprint density at radius 1 is 1.05 bits per heavy atom. The summed E-state index contributed by atoms with van der Waals surface area (Å²) in [5.41, 5.74) is 2.66. The molecule has 4 heteroatoms. The van der Waals surface area contributed by atoms with Crippen molar-refractivity contribution in [2.24, 2.45) is 0 Å². The van der Waals surface area contributed by atoms with Gasteiger partial charge in [-0.3, -0.25) is 4.79 Å². The predicted octanol–water partition coefficient (Wildman–Crippen LogP) is 2.98. The van der Waals surface area contributed by atoms with Gasteiger partial charge in [-0.1, -0.05) is 30.3 Å². The number of methoxy groups -OCH3 is 2. The van der Waals surface area contributed by atoms with Gasteiger partial charge in [-0.15, -0.1) is 0 Å². The minimum absolute atomic E-state index is 0.102. The molecule has 0 atom stereocenters. The molecule has 22 heavy (non-hydrogen) atoms. The van der Waals surface area contributed by atoms with Crippen molar-refractivity contribution in [3.63, 3.8) is 0 Å². The summed E-state index contributed by atoms with van der Waals surface area (Å²) < 4.78 is 10.5. The maximum Gasteiger partial charge on any atom is 0.251 e. The number of rotatable bonds is 6. The van der Waals surface area contributed by atoms with Gasteiger partial charge in [0, 0.05) is 12.1 Å². The third-order valence-corrected chi connectivity index (χ3v) is 3.52. The number of nitrogens with one attached hydrogen (secondary N) is 1. The van der Waals surface area contributed by atoms with E-state index in [9.17, 15) is 4.79 Å². The normalized spacial score (nSPS) is 10.1. The van der Waals surface area contributed by atoms with E-state index in [-0.39, 0.29) is 5.91 Å². The van der Waals surface area contributed by atoms with Crippen molar-refractivity contribution in [3.05, 3.63) is 59.2 Å². The Morgan fingerprint density at radius 2 is 1.68 bits per heavy atom. The highest BCUT2D eigenvalue weighted by atomic mass is 16.5. The second-order valence-electron chi connectivity index (χ2n) is 5.01. The molecule has 0 bridgehead atoms. The standard InChI is InChI=1S/C18H21NO3/c1-13-11-16(21-2)17(22-3)12-15(13)18(20)19-10-9-14-7-5-4-6-8-14/h4-8,11-12H,9-10H2,1-3H3,(H,19,20). The summed E-state index contributed by atoms with van der Waals surface area (Å²) in [6, 6.07) is 13.6. The van der Waals surface area contributed by atoms with E-state index in [4.69, 9.17) is 9.47 Å². The molecule has 2 rings (SSSR count). The van der Waals surface area contributed by atoms with Crippen molar-refractivity contribution in [1.29, 1.82) is 0 Å². The van der Waals surface area contributed by atoms with E-state index in [1.807, 2.05) is 43.3 Å². The second-order valence-corrected chi connectivity index (χ2v) is 5.01. The SMILES string of the molecule is COc1cc(C)c(C(=O)NCCc2ccccc2)cc1OC. The molecule has 0 aliphatic rings. The Hall–Kier alpha value is -2.49. The van der Waals surface area contributed by atoms with Crippen LogP contribution < -0.4 is 14.8 Å². The maximum atomic E-state index is 12.3. The molecular formula is C18H21NO3. The molecule has 0 saturated carbocycles. The number of benzene rings is 2. The predicted molar refractivity (Wildman–Crippen MR) is 86.8 cm³/mol. The maximum absolute atomic E-state index is 12.3. The summed E-state index contributed by atoms with van der Waals surface area (Å²) in [5, 5.41) is 2.94. The molecule has 0 aromatic heterocycles. The zero-order chi connectivity index (χ0) is 15.9. The van der Waals surface area contributed by atoms with Crippen molar-refractivity contribution in [3.8, 4) is 11.5 Å². The lowest BCUT2D eigenvalue weighted by Crippen LogP contribution is -2.26. The summed E-state index contributed by atoms with van der Waals surface area (Å²) in [7, 11) is 3.14. The first-order chi connectivity index (χ1) is 10.7. The van der Waals surface area contributed by atoms with Crippen LogP contribution in [0.5, 0.6) is 11.5 Å². The number of aryl methyl sites for hydroxylation is 1. The summed E-state index contributed by atoms with van der Waals surface area (Å²) in [6.45, 7) is 2.48. The van der Waals surface area contributed by atoms with Crippen LogP contribution in [0.25, 0.3) is 0 Å². The van der Waals surface area contributed by atoms with Crippen LogP contribution in [0.4, 0.5) is 0 Å². The van der Waals surface area contributed by atoms with E-state index in [1.165, 1.54) is 5.56 Å². The van der Waals surface area contributed by atoms with Crippen LogP contribution in [-0.2, 0) is 6.42 Å². The Labute approximate surface area is 131 Å². The molecule has 0 radical (unpaired) electrons. The lowest BCUT2D eigenvalue weighted by atomic mass is 10.1. The van der Waals surface area contributed by atoms with Crippen LogP contribution in [-0.4, -0.2) is 26.7 Å². The molecule has 0 unspecified atom stereocenters. The molecule has 1 N–H and O–H groups in total. The summed E-state index contributed by atoms with van der Waals surface area (Å²) in [4.78, 5) is 12.3. The Morgan fingerprint density at radius 3 is 2.32 bits per heavy atom. The molecule has 0 heterocycles. The molecule has 0 aliphatic carbocycles. The Bertz CT molecular complexity index is 638. The van der Waals surface area contributed by atoms with Gasteiger partial charge in [0.05, 0.1) is 14.2 Å². The van der Waals surface area contributed by atoms with Crippen molar-refractivity contribution in [2.75, 3.05) is 20.8 Å². The molecule has 4 nitrogen and oxygen atoms in total. The Kier molecular flexibility index (Phi) is 5.42. The fraction of sp³-hybridized carbons (Fsp3) is 0.278. The molecular weight excluding hydrogens is 278 g/mol. The minimum atomic E-state index is -0.102. The van der Waals surface area contributed by atoms with E-state index in [0.717, 1.165) is 12.0 Å². The summed E-state index contributed by atoms with van der Waals surface area (Å²) in [5.74, 6) is 1.08. The first kappa shape index (κ1) is 15.9. The molecule has 0 spiro atoms. The van der Waals surface area contributed by atoms with E-state index in [2.05, 4.69) is 5.32 Å². The molecule has 2 aromatic carbocycles. The van der Waals surface area contributed by atoms with E-state index in [1.54, 1.807) is 20.3 Å². The van der Waals surface area contributed by atoms with Crippen LogP contribution in [0.2, 0.25) is 0 Å². The van der Waals surface area contributed by atoms with Gasteiger partial charge in [0.25, 0.3) is 5.91 Å². The van der Waals surface area contributed by atoms with Crippen LogP contribution in [0.3, 0.4) is 0 Å². The number of hydrogen-bond donors (Lipinski definition) is 1. The summed E-state index contributed by atoms with van der Waals surface area (Å²) in [6.07, 6.45) is 0.804. The van der Waals surface area contributed by atoms with Gasteiger partial charge < -0.3 is 14.8 Å². The topological polar surface area (TPSA) is 47.6 Å². The quantitative estimate of drug-likeness (QED) is 0.892. The van der Waals surface area contributed by atoms with Crippen molar-refractivity contribution >= 4 is 5.91 Å². The largest absolute Gasteiger partial charge is 0.493 e. The average molecular weight is 299 g/mol. The molecule has 0 aliphatic heterocycles. The highest BCUT2D eigenvalue weighted by molar-refractivity contribution is 5.96. The van der Waals surface area contributed by atoms with Crippen molar-refractivity contribution in [1.82, 2.24) is 5.32 Å². The van der Waals surface area contributed by atoms with E-state index < -0.39 is 0 Å². The van der Waals surface area contributed by atoms with Gasteiger partial charge in [0.15, 0.2) is 11.5 Å². The number of carbonyl (C=O) groups excluding carboxylic acids is 1. The minimum Gasteiger partial charge on any atom is -0.493 e. The smallest absolute Gasteiger partial charge is 0.251 e. The fourth-order valence-corrected chi connectivity index (χ4v) is 2.29. The van der Waals surface area contributed by atoms with E-state index in [0.29, 0.717) is 23.6 Å². The third kappa shape index (κ3) is 3.79. The monoisotopic (exact) mass is 299 g/mol. The van der Waals surface area contributed by atoms with Crippen molar-refractivity contribution < 1.29 is 14.3 Å². The van der Waals surface area contributed by atoms with Crippen LogP contribution in [0, 0.1) is 6.92 Å². The zero-order valence-electron chi connectivity index (χ0n) is 13.2. The first-order valence-electron chi connectivity index (χ1n) is 7.20. The molecule has 0 fully saturated rings. The van der Waals surface area contributed by atoms with Gasteiger partial charge in [0.2, 0.25) is 0 Å². The lowest BCUT2D eigenvalue weighted by molar-refractivity contribution is 0.0953. The van der Waals surface area contributed by atoms with E-state index >= 15 is 0 Å². The molecule has 2 aromatic rings. The van der Waals surface area contributed by atoms with Crippen LogP contribution >= 0.6 is 0 Å². The molecule has 1 amide bonds. The highest BCUT2D eigenvalue weighted by Crippen LogP contribution is 2.30. The van der Waals surface area contributed by atoms with Gasteiger partial charge in [-0.25, -0.2) is 0 Å². The van der Waals surface area contributed by atoms with Gasteiger partial charge in [0.1, 0.15) is 0 Å². The van der Waals surface area contributed by atoms with Crippen LogP contribution in [0.1, 0.15) is 21.5 Å². The van der Waals surface area contributed by atoms with Crippen LogP contribution in [0.15, 0.2) is 42.5 Å². The van der Waals surface area contributed by atoms with Gasteiger partial charge in [-0.2, -0.15) is 0 Å². The van der Waals surface area contributed by atoms with Gasteiger partial charge >= 0.3 is 0 Å². The number of ether oxygens (including phenoxy) is 2. The second kappa shape index (κ2) is 7.50. The lowest BCUT2D eigenvalue weighted by Gasteiger charge is -2.13. The average Bonchev–Trinajstić information content (AvgIpc) is 2.55. The highest BCUT2D eigenvalue weighted by Gasteiger charge is 2.14. The number of carbonyl (C=O) groups is 1. The number of amides is 1. The van der Waals surface area contributed by atoms with Crippen molar-refractivity contribution in [2.45, 2.75) is 13.3 Å². The fourth-order valence-electron chi connectivity index (χ4n) is 2.29.